The quantitative estimate of drug-likeness (QED) is 0.488. The third-order valence-corrected chi connectivity index (χ3v) is 5.05. The number of halogens is 1. The molecule has 2 aromatic carbocycles. The summed E-state index contributed by atoms with van der Waals surface area (Å²) in [4.78, 5) is 12.1. The van der Waals surface area contributed by atoms with Crippen molar-refractivity contribution in [2.24, 2.45) is 0 Å². The lowest BCUT2D eigenvalue weighted by molar-refractivity contribution is -0.135. The van der Waals surface area contributed by atoms with Crippen molar-refractivity contribution < 1.29 is 19.0 Å². The van der Waals surface area contributed by atoms with Gasteiger partial charge in [-0.1, -0.05) is 11.6 Å². The molecule has 5 rings (SSSR count). The van der Waals surface area contributed by atoms with Crippen LogP contribution in [0.2, 0.25) is 5.02 Å². The van der Waals surface area contributed by atoms with Crippen LogP contribution in [0.1, 0.15) is 23.5 Å². The molecule has 0 aliphatic carbocycles. The first-order valence-corrected chi connectivity index (χ1v) is 8.36. The molecule has 0 radical (unpaired) electrons. The zero-order chi connectivity index (χ0) is 16.3. The molecule has 0 N–H and O–H groups in total. The fraction of sp³-hybridized carbons (Fsp3) is 0.188. The highest BCUT2D eigenvalue weighted by Crippen LogP contribution is 2.47. The van der Waals surface area contributed by atoms with E-state index < -0.39 is 0 Å². The van der Waals surface area contributed by atoms with E-state index in [1.165, 1.54) is 0 Å². The van der Waals surface area contributed by atoms with E-state index in [0.717, 1.165) is 33.9 Å². The third-order valence-electron chi connectivity index (χ3n) is 4.22. The second kappa shape index (κ2) is 5.06. The Kier molecular flexibility index (Phi) is 2.95. The van der Waals surface area contributed by atoms with Crippen LogP contribution in [-0.2, 0) is 4.79 Å². The second-order valence-corrected chi connectivity index (χ2v) is 6.51. The minimum atomic E-state index is -0.288. The maximum absolute atomic E-state index is 12.1. The summed E-state index contributed by atoms with van der Waals surface area (Å²) in [7, 11) is 0. The summed E-state index contributed by atoms with van der Waals surface area (Å²) in [5.74, 6) is 1.13. The summed E-state index contributed by atoms with van der Waals surface area (Å²) in [6.45, 7) is 0.141. The number of rotatable bonds is 1. The lowest BCUT2D eigenvalue weighted by atomic mass is 9.85. The number of ether oxygens (including phenoxy) is 3. The Bertz CT molecular complexity index is 1000. The van der Waals surface area contributed by atoms with Gasteiger partial charge in [0.15, 0.2) is 11.5 Å². The first kappa shape index (κ1) is 14.0. The van der Waals surface area contributed by atoms with Gasteiger partial charge in [-0.25, -0.2) is 0 Å². The van der Waals surface area contributed by atoms with Crippen molar-refractivity contribution in [2.45, 2.75) is 12.3 Å². The molecule has 0 spiro atoms. The molecule has 1 aromatic heterocycles. The Morgan fingerprint density at radius 3 is 3.00 bits per heavy atom. The van der Waals surface area contributed by atoms with Gasteiger partial charge in [-0.2, -0.15) is 8.75 Å². The smallest absolute Gasteiger partial charge is 0.312 e. The van der Waals surface area contributed by atoms with E-state index in [-0.39, 0.29) is 25.1 Å². The lowest BCUT2D eigenvalue weighted by Gasteiger charge is -2.25. The zero-order valence-electron chi connectivity index (χ0n) is 12.1. The first-order valence-electron chi connectivity index (χ1n) is 7.25. The Hall–Kier alpha value is -2.38. The van der Waals surface area contributed by atoms with Crippen molar-refractivity contribution in [1.29, 1.82) is 0 Å². The number of carbonyl (C=O) groups is 1. The predicted molar refractivity (Wildman–Crippen MR) is 87.1 cm³/mol. The SMILES string of the molecule is O=C1CC(c2cc(Cl)c3c(c2)OCO3)c2c(ccc3nsnc23)O1. The van der Waals surface area contributed by atoms with Crippen LogP contribution in [-0.4, -0.2) is 21.5 Å². The Morgan fingerprint density at radius 1 is 1.17 bits per heavy atom. The van der Waals surface area contributed by atoms with Crippen molar-refractivity contribution in [3.8, 4) is 17.2 Å². The van der Waals surface area contributed by atoms with Gasteiger partial charge in [0, 0.05) is 11.5 Å². The number of hydrogen-bond donors (Lipinski definition) is 0. The minimum Gasteiger partial charge on any atom is -0.454 e. The Labute approximate surface area is 145 Å². The van der Waals surface area contributed by atoms with Gasteiger partial charge in [0.2, 0.25) is 6.79 Å². The lowest BCUT2D eigenvalue weighted by Crippen LogP contribution is -2.21. The van der Waals surface area contributed by atoms with Gasteiger partial charge in [0.1, 0.15) is 16.8 Å². The molecule has 1 atom stereocenters. The number of hydrogen-bond acceptors (Lipinski definition) is 7. The molecule has 24 heavy (non-hydrogen) atoms. The molecule has 0 bridgehead atoms. The fourth-order valence-corrected chi connectivity index (χ4v) is 4.01. The van der Waals surface area contributed by atoms with Crippen LogP contribution in [0.3, 0.4) is 0 Å². The molecule has 0 saturated carbocycles. The van der Waals surface area contributed by atoms with Crippen LogP contribution in [0.15, 0.2) is 24.3 Å². The molecular formula is C16H9ClN2O4S. The highest BCUT2D eigenvalue weighted by Gasteiger charge is 2.33. The van der Waals surface area contributed by atoms with E-state index in [2.05, 4.69) is 8.75 Å². The normalized spacial score (nSPS) is 18.5. The van der Waals surface area contributed by atoms with Crippen LogP contribution < -0.4 is 14.2 Å². The van der Waals surface area contributed by atoms with Gasteiger partial charge in [-0.15, -0.1) is 0 Å². The summed E-state index contributed by atoms with van der Waals surface area (Å²) in [5, 5.41) is 0.462. The minimum absolute atomic E-state index is 0.141. The number of nitrogens with zero attached hydrogens (tertiary/aromatic N) is 2. The topological polar surface area (TPSA) is 70.5 Å². The number of aromatic nitrogens is 2. The second-order valence-electron chi connectivity index (χ2n) is 5.58. The molecule has 6 nitrogen and oxygen atoms in total. The van der Waals surface area contributed by atoms with E-state index in [0.29, 0.717) is 22.3 Å². The molecule has 2 aliphatic rings. The van der Waals surface area contributed by atoms with Crippen molar-refractivity contribution in [3.05, 3.63) is 40.4 Å². The van der Waals surface area contributed by atoms with Crippen molar-refractivity contribution >= 4 is 40.3 Å². The maximum atomic E-state index is 12.1. The molecule has 3 heterocycles. The average molecular weight is 361 g/mol. The van der Waals surface area contributed by atoms with Crippen molar-refractivity contribution in [1.82, 2.24) is 8.75 Å². The summed E-state index contributed by atoms with van der Waals surface area (Å²) in [6, 6.07) is 7.23. The first-order chi connectivity index (χ1) is 11.7. The van der Waals surface area contributed by atoms with Crippen molar-refractivity contribution in [2.75, 3.05) is 6.79 Å². The van der Waals surface area contributed by atoms with E-state index in [4.69, 9.17) is 25.8 Å². The van der Waals surface area contributed by atoms with Gasteiger partial charge in [0.05, 0.1) is 23.2 Å². The molecule has 3 aromatic rings. The van der Waals surface area contributed by atoms with Crippen LogP contribution >= 0.6 is 23.3 Å². The molecular weight excluding hydrogens is 352 g/mol. The van der Waals surface area contributed by atoms with Gasteiger partial charge >= 0.3 is 5.97 Å². The summed E-state index contributed by atoms with van der Waals surface area (Å²) in [6.07, 6.45) is 0.208. The zero-order valence-corrected chi connectivity index (χ0v) is 13.7. The van der Waals surface area contributed by atoms with Gasteiger partial charge < -0.3 is 14.2 Å². The number of benzene rings is 2. The summed E-state index contributed by atoms with van der Waals surface area (Å²) >= 11 is 7.44. The van der Waals surface area contributed by atoms with Crippen LogP contribution in [0.25, 0.3) is 11.0 Å². The monoisotopic (exact) mass is 360 g/mol. The molecule has 0 amide bonds. The van der Waals surface area contributed by atoms with Crippen LogP contribution in [0.4, 0.5) is 0 Å². The summed E-state index contributed by atoms with van der Waals surface area (Å²) in [5.41, 5.74) is 3.26. The van der Waals surface area contributed by atoms with Gasteiger partial charge in [-0.05, 0) is 29.8 Å². The predicted octanol–water partition coefficient (Wildman–Crippen LogP) is 3.51. The standard InChI is InChI=1S/C16H9ClN2O4S/c17-9-3-7(4-12-16(9)22-6-21-12)8-5-13(20)23-11-2-1-10-15(14(8)11)19-24-18-10/h1-4,8H,5-6H2. The van der Waals surface area contributed by atoms with E-state index in [1.807, 2.05) is 6.07 Å². The van der Waals surface area contributed by atoms with Gasteiger partial charge in [-0.3, -0.25) is 4.79 Å². The molecule has 0 saturated heterocycles. The Balaban J connectivity index is 1.74. The summed E-state index contributed by atoms with van der Waals surface area (Å²) < 4.78 is 24.8. The molecule has 0 fully saturated rings. The fourth-order valence-electron chi connectivity index (χ4n) is 3.18. The Morgan fingerprint density at radius 2 is 2.08 bits per heavy atom. The van der Waals surface area contributed by atoms with E-state index in [9.17, 15) is 4.79 Å². The highest BCUT2D eigenvalue weighted by atomic mass is 35.5. The van der Waals surface area contributed by atoms with E-state index in [1.54, 1.807) is 18.2 Å². The van der Waals surface area contributed by atoms with Crippen LogP contribution in [0.5, 0.6) is 17.2 Å². The maximum Gasteiger partial charge on any atom is 0.312 e. The van der Waals surface area contributed by atoms with Crippen molar-refractivity contribution in [3.63, 3.8) is 0 Å². The molecule has 1 unspecified atom stereocenters. The third kappa shape index (κ3) is 1.98. The molecule has 120 valence electrons. The van der Waals surface area contributed by atoms with Crippen LogP contribution in [0, 0.1) is 0 Å². The largest absolute Gasteiger partial charge is 0.454 e. The number of fused-ring (bicyclic) bond motifs is 4. The average Bonchev–Trinajstić information content (AvgIpc) is 3.22. The molecule has 8 heteroatoms. The van der Waals surface area contributed by atoms with Gasteiger partial charge in [0.25, 0.3) is 0 Å². The molecule has 2 aliphatic heterocycles. The number of esters is 1. The highest BCUT2D eigenvalue weighted by molar-refractivity contribution is 7.00. The van der Waals surface area contributed by atoms with E-state index >= 15 is 0 Å². The number of carbonyl (C=O) groups excluding carboxylic acids is 1.